The van der Waals surface area contributed by atoms with Gasteiger partial charge >= 0.3 is 0 Å². The molecule has 2 N–H and O–H groups in total. The number of aliphatic imine (C=N–C) groups is 1. The molecule has 1 aromatic heterocycles. The summed E-state index contributed by atoms with van der Waals surface area (Å²) in [6, 6.07) is 11.2. The maximum atomic E-state index is 13.8. The second-order valence-corrected chi connectivity index (χ2v) is 9.06. The third kappa shape index (κ3) is 6.66. The van der Waals surface area contributed by atoms with Crippen LogP contribution in [0.3, 0.4) is 0 Å². The van der Waals surface area contributed by atoms with Gasteiger partial charge in [0.05, 0.1) is 31.0 Å². The van der Waals surface area contributed by atoms with Gasteiger partial charge in [-0.2, -0.15) is 0 Å². The molecule has 0 aliphatic carbocycles. The Morgan fingerprint density at radius 2 is 1.69 bits per heavy atom. The third-order valence-electron chi connectivity index (χ3n) is 6.16. The van der Waals surface area contributed by atoms with Crippen LogP contribution in [0.1, 0.15) is 49.1 Å². The second-order valence-electron chi connectivity index (χ2n) is 9.06. The van der Waals surface area contributed by atoms with Crippen LogP contribution in [-0.4, -0.2) is 42.4 Å². The fourth-order valence-corrected chi connectivity index (χ4v) is 4.25. The van der Waals surface area contributed by atoms with Gasteiger partial charge in [-0.1, -0.05) is 44.2 Å². The number of pyridine rings is 1. The van der Waals surface area contributed by atoms with Crippen LogP contribution in [0.2, 0.25) is 0 Å². The highest BCUT2D eigenvalue weighted by molar-refractivity contribution is 6.02. The summed E-state index contributed by atoms with van der Waals surface area (Å²) in [5.74, 6) is -2.89. The Morgan fingerprint density at radius 3 is 2.26 bits per heavy atom. The van der Waals surface area contributed by atoms with Gasteiger partial charge in [0.2, 0.25) is 11.8 Å². The van der Waals surface area contributed by atoms with E-state index in [4.69, 9.17) is 14.2 Å². The molecule has 7 nitrogen and oxygen atoms in total. The number of allylic oxidation sites excluding steroid dienone is 1. The first kappa shape index (κ1) is 29.4. The number of aryl methyl sites for hydroxylation is 1. The number of benzene rings is 2. The lowest BCUT2D eigenvalue weighted by molar-refractivity contribution is 0.0174. The van der Waals surface area contributed by atoms with Crippen molar-refractivity contribution < 1.29 is 33.2 Å². The smallest absolute Gasteiger partial charge is 0.270 e. The van der Waals surface area contributed by atoms with Gasteiger partial charge in [0.1, 0.15) is 28.6 Å². The topological polar surface area (TPSA) is 93.4 Å². The first-order chi connectivity index (χ1) is 18.5. The van der Waals surface area contributed by atoms with Crippen molar-refractivity contribution in [3.63, 3.8) is 0 Å². The van der Waals surface area contributed by atoms with Crippen LogP contribution < -0.4 is 9.47 Å². The number of ether oxygens (including phenoxy) is 3. The quantitative estimate of drug-likeness (QED) is 0.158. The van der Waals surface area contributed by atoms with Crippen molar-refractivity contribution in [3.8, 4) is 34.3 Å². The molecule has 0 saturated heterocycles. The number of halogens is 2. The average molecular weight is 541 g/mol. The summed E-state index contributed by atoms with van der Waals surface area (Å²) in [5, 5.41) is 22.5. The van der Waals surface area contributed by atoms with Crippen molar-refractivity contribution in [2.45, 2.75) is 45.5 Å². The number of methoxy groups -OCH3 is 2. The Morgan fingerprint density at radius 1 is 1.05 bits per heavy atom. The van der Waals surface area contributed by atoms with Gasteiger partial charge in [-0.05, 0) is 36.6 Å². The van der Waals surface area contributed by atoms with E-state index >= 15 is 0 Å². The summed E-state index contributed by atoms with van der Waals surface area (Å²) < 4.78 is 44.6. The molecule has 0 atom stereocenters. The van der Waals surface area contributed by atoms with Crippen molar-refractivity contribution in [1.29, 1.82) is 0 Å². The molecule has 3 aromatic rings. The minimum absolute atomic E-state index is 0.0969. The van der Waals surface area contributed by atoms with Crippen molar-refractivity contribution >= 4 is 5.90 Å². The maximum Gasteiger partial charge on any atom is 0.270 e. The molecule has 3 rings (SSSR count). The molecule has 0 unspecified atom stereocenters. The van der Waals surface area contributed by atoms with Gasteiger partial charge in [0.25, 0.3) is 5.92 Å². The summed E-state index contributed by atoms with van der Waals surface area (Å²) in [6.45, 7) is 6.75. The number of rotatable bonds is 11. The van der Waals surface area contributed by atoms with Gasteiger partial charge in [-0.25, -0.2) is 13.8 Å². The number of unbranched alkanes of at least 4 members (excludes halogenated alkanes) is 1. The van der Waals surface area contributed by atoms with Crippen LogP contribution in [0.5, 0.6) is 23.1 Å². The van der Waals surface area contributed by atoms with Crippen LogP contribution in [0.15, 0.2) is 59.8 Å². The number of nitrogens with zero attached hydrogens (tertiary/aromatic N) is 2. The number of aromatic nitrogens is 1. The van der Waals surface area contributed by atoms with E-state index in [-0.39, 0.29) is 35.0 Å². The van der Waals surface area contributed by atoms with E-state index in [1.54, 1.807) is 24.3 Å². The van der Waals surface area contributed by atoms with Gasteiger partial charge < -0.3 is 24.4 Å². The Kier molecular flexibility index (Phi) is 9.51. The van der Waals surface area contributed by atoms with Crippen LogP contribution in [-0.2, 0) is 23.5 Å². The van der Waals surface area contributed by atoms with E-state index in [9.17, 15) is 19.0 Å². The van der Waals surface area contributed by atoms with Gasteiger partial charge in [-0.3, -0.25) is 4.99 Å². The lowest BCUT2D eigenvalue weighted by atomic mass is 9.95. The summed E-state index contributed by atoms with van der Waals surface area (Å²) in [6.07, 6.45) is 2.19. The standard InChI is InChI=1S/C30H34F2N2O5/c1-7-8-13-21-24(25-22(37-5)14-10-15-23(25)38-6)27(35)26(28(36)34-21)29(33-4)39-18(2)16-19-11-9-12-20(17-19)30(3,31)32/h9-12,14-15,17H,2,7-8,13,16H2,1,3-6H3,(H2,34,35,36)/b33-29-. The maximum absolute atomic E-state index is 13.8. The Hall–Kier alpha value is -4.14. The Labute approximate surface area is 227 Å². The summed E-state index contributed by atoms with van der Waals surface area (Å²) in [5.41, 5.74) is 1.51. The van der Waals surface area contributed by atoms with Crippen molar-refractivity contribution in [1.82, 2.24) is 4.98 Å². The summed E-state index contributed by atoms with van der Waals surface area (Å²) in [7, 11) is 4.44. The molecule has 39 heavy (non-hydrogen) atoms. The van der Waals surface area contributed by atoms with E-state index in [1.165, 1.54) is 39.5 Å². The van der Waals surface area contributed by atoms with Gasteiger partial charge in [-0.15, -0.1) is 0 Å². The number of alkyl halides is 2. The fraction of sp³-hybridized carbons (Fsp3) is 0.333. The van der Waals surface area contributed by atoms with Crippen molar-refractivity contribution in [2.24, 2.45) is 4.99 Å². The zero-order valence-electron chi connectivity index (χ0n) is 22.8. The van der Waals surface area contributed by atoms with Crippen LogP contribution in [0.4, 0.5) is 8.78 Å². The monoisotopic (exact) mass is 540 g/mol. The predicted octanol–water partition coefficient (Wildman–Crippen LogP) is 6.78. The number of hydrogen-bond acceptors (Lipinski definition) is 7. The van der Waals surface area contributed by atoms with Crippen molar-refractivity contribution in [3.05, 3.63) is 77.2 Å². The molecule has 0 aliphatic rings. The molecule has 0 aliphatic heterocycles. The molecule has 1 heterocycles. The van der Waals surface area contributed by atoms with Gasteiger partial charge in [0.15, 0.2) is 0 Å². The molecular weight excluding hydrogens is 506 g/mol. The minimum Gasteiger partial charge on any atom is -0.506 e. The van der Waals surface area contributed by atoms with E-state index in [0.717, 1.165) is 19.8 Å². The second kappa shape index (κ2) is 12.6. The Balaban J connectivity index is 2.08. The molecule has 0 fully saturated rings. The van der Waals surface area contributed by atoms with E-state index in [0.29, 0.717) is 40.3 Å². The predicted molar refractivity (Wildman–Crippen MR) is 147 cm³/mol. The Bertz CT molecular complexity index is 1340. The molecule has 0 saturated carbocycles. The normalized spacial score (nSPS) is 11.8. The van der Waals surface area contributed by atoms with Crippen molar-refractivity contribution in [2.75, 3.05) is 21.3 Å². The third-order valence-corrected chi connectivity index (χ3v) is 6.16. The molecule has 0 radical (unpaired) electrons. The van der Waals surface area contributed by atoms with Gasteiger partial charge in [0, 0.05) is 26.0 Å². The highest BCUT2D eigenvalue weighted by Gasteiger charge is 2.29. The molecule has 208 valence electrons. The molecule has 0 bridgehead atoms. The molecular formula is C30H34F2N2O5. The molecule has 0 spiro atoms. The zero-order valence-corrected chi connectivity index (χ0v) is 22.8. The lowest BCUT2D eigenvalue weighted by Crippen LogP contribution is -2.12. The fourth-order valence-electron chi connectivity index (χ4n) is 4.25. The SMILES string of the molecule is C=C(Cc1cccc(C(C)(F)F)c1)O/C(=N\C)c1c(O)nc(CCCC)c(-c2c(OC)cccc2OC)c1O. The minimum atomic E-state index is -2.99. The number of hydrogen-bond donors (Lipinski definition) is 2. The average Bonchev–Trinajstić information content (AvgIpc) is 2.90. The first-order valence-electron chi connectivity index (χ1n) is 12.5. The zero-order chi connectivity index (χ0) is 28.7. The lowest BCUT2D eigenvalue weighted by Gasteiger charge is -2.20. The first-order valence-corrected chi connectivity index (χ1v) is 12.5. The molecule has 0 amide bonds. The highest BCUT2D eigenvalue weighted by atomic mass is 19.3. The highest BCUT2D eigenvalue weighted by Crippen LogP contribution is 2.47. The number of aromatic hydroxyl groups is 2. The van der Waals surface area contributed by atoms with E-state index in [2.05, 4.69) is 16.6 Å². The molecule has 2 aromatic carbocycles. The van der Waals surface area contributed by atoms with E-state index in [1.807, 2.05) is 6.92 Å². The summed E-state index contributed by atoms with van der Waals surface area (Å²) >= 11 is 0. The molecule has 9 heteroatoms. The van der Waals surface area contributed by atoms with Crippen LogP contribution in [0.25, 0.3) is 11.1 Å². The summed E-state index contributed by atoms with van der Waals surface area (Å²) in [4.78, 5) is 8.53. The van der Waals surface area contributed by atoms with Crippen LogP contribution in [0, 0.1) is 0 Å². The van der Waals surface area contributed by atoms with E-state index < -0.39 is 11.8 Å². The van der Waals surface area contributed by atoms with Crippen LogP contribution >= 0.6 is 0 Å². The largest absolute Gasteiger partial charge is 0.506 e.